The molecule has 1 aliphatic rings. The highest BCUT2D eigenvalue weighted by atomic mass is 16.5. The van der Waals surface area contributed by atoms with Crippen molar-refractivity contribution < 1.29 is 9.53 Å². The molecule has 25 heavy (non-hydrogen) atoms. The monoisotopic (exact) mass is 339 g/mol. The normalized spacial score (nSPS) is 24.0. The molecule has 2 aromatic rings. The molecular weight excluding hydrogens is 314 g/mol. The van der Waals surface area contributed by atoms with Crippen molar-refractivity contribution in [3.05, 3.63) is 66.0 Å². The Morgan fingerprint density at radius 3 is 2.68 bits per heavy atom. The van der Waals surface area contributed by atoms with Crippen molar-refractivity contribution >= 4 is 5.91 Å². The summed E-state index contributed by atoms with van der Waals surface area (Å²) in [5, 5.41) is 2.96. The standard InChI is InChI=1S/C20H25N3O2/c1-15-14-25-20(17-8-4-3-5-9-17)16(2)23(15)13-19(24)22-12-18-10-6-7-11-21-18/h3-11,15-16,20H,12-14H2,1-2H3,(H,22,24)/t15-,16-,20-/m1/s1. The number of carbonyl (C=O) groups is 1. The first-order valence-corrected chi connectivity index (χ1v) is 8.74. The van der Waals surface area contributed by atoms with Gasteiger partial charge in [-0.25, -0.2) is 0 Å². The molecule has 2 heterocycles. The summed E-state index contributed by atoms with van der Waals surface area (Å²) < 4.78 is 6.05. The number of benzene rings is 1. The SMILES string of the molecule is C[C@@H]1CO[C@@H](c2ccccc2)[C@@H](C)N1CC(=O)NCc1ccccn1. The van der Waals surface area contributed by atoms with Gasteiger partial charge >= 0.3 is 0 Å². The Labute approximate surface area is 149 Å². The molecule has 5 heteroatoms. The van der Waals surface area contributed by atoms with E-state index in [2.05, 4.69) is 41.2 Å². The van der Waals surface area contributed by atoms with E-state index in [4.69, 9.17) is 4.74 Å². The predicted octanol–water partition coefficient (Wildman–Crippen LogP) is 2.55. The summed E-state index contributed by atoms with van der Waals surface area (Å²) in [4.78, 5) is 18.8. The second-order valence-corrected chi connectivity index (χ2v) is 6.52. The van der Waals surface area contributed by atoms with Gasteiger partial charge in [0.2, 0.25) is 5.91 Å². The van der Waals surface area contributed by atoms with E-state index in [9.17, 15) is 4.79 Å². The van der Waals surface area contributed by atoms with Gasteiger partial charge < -0.3 is 10.1 Å². The van der Waals surface area contributed by atoms with Crippen LogP contribution in [0.5, 0.6) is 0 Å². The largest absolute Gasteiger partial charge is 0.370 e. The van der Waals surface area contributed by atoms with Crippen LogP contribution in [0.3, 0.4) is 0 Å². The lowest BCUT2D eigenvalue weighted by Gasteiger charge is -2.43. The molecule has 1 N–H and O–H groups in total. The summed E-state index contributed by atoms with van der Waals surface area (Å²) >= 11 is 0. The zero-order valence-corrected chi connectivity index (χ0v) is 14.8. The third-order valence-electron chi connectivity index (χ3n) is 4.69. The van der Waals surface area contributed by atoms with Crippen molar-refractivity contribution in [3.63, 3.8) is 0 Å². The van der Waals surface area contributed by atoms with Gasteiger partial charge in [-0.3, -0.25) is 14.7 Å². The molecule has 1 fully saturated rings. The minimum Gasteiger partial charge on any atom is -0.370 e. The van der Waals surface area contributed by atoms with Crippen molar-refractivity contribution in [1.82, 2.24) is 15.2 Å². The highest BCUT2D eigenvalue weighted by molar-refractivity contribution is 5.78. The van der Waals surface area contributed by atoms with Gasteiger partial charge in [-0.05, 0) is 31.5 Å². The van der Waals surface area contributed by atoms with E-state index >= 15 is 0 Å². The average molecular weight is 339 g/mol. The maximum atomic E-state index is 12.4. The highest BCUT2D eigenvalue weighted by Gasteiger charge is 2.35. The first-order chi connectivity index (χ1) is 12.1. The minimum absolute atomic E-state index is 0.0121. The Bertz CT molecular complexity index is 678. The van der Waals surface area contributed by atoms with Crippen molar-refractivity contribution in [2.45, 2.75) is 38.6 Å². The Kier molecular flexibility index (Phi) is 5.79. The first kappa shape index (κ1) is 17.6. The van der Waals surface area contributed by atoms with Crippen LogP contribution >= 0.6 is 0 Å². The summed E-state index contributed by atoms with van der Waals surface area (Å²) in [5.41, 5.74) is 2.02. The molecule has 0 spiro atoms. The Balaban J connectivity index is 1.60. The number of nitrogens with zero attached hydrogens (tertiary/aromatic N) is 2. The molecule has 0 radical (unpaired) electrons. The van der Waals surface area contributed by atoms with Gasteiger partial charge in [-0.2, -0.15) is 0 Å². The first-order valence-electron chi connectivity index (χ1n) is 8.74. The van der Waals surface area contributed by atoms with Crippen molar-refractivity contribution in [1.29, 1.82) is 0 Å². The van der Waals surface area contributed by atoms with Crippen LogP contribution in [0.1, 0.15) is 31.2 Å². The van der Waals surface area contributed by atoms with Crippen LogP contribution in [-0.2, 0) is 16.1 Å². The third kappa shape index (κ3) is 4.44. The van der Waals surface area contributed by atoms with E-state index < -0.39 is 0 Å². The van der Waals surface area contributed by atoms with Gasteiger partial charge in [0, 0.05) is 18.3 Å². The van der Waals surface area contributed by atoms with E-state index in [1.165, 1.54) is 0 Å². The Morgan fingerprint density at radius 2 is 1.96 bits per heavy atom. The molecule has 0 saturated carbocycles. The van der Waals surface area contributed by atoms with Gasteiger partial charge in [0.05, 0.1) is 31.5 Å². The molecule has 1 saturated heterocycles. The molecule has 1 aromatic heterocycles. The Hall–Kier alpha value is -2.24. The molecule has 1 amide bonds. The van der Waals surface area contributed by atoms with Crippen molar-refractivity contribution in [2.24, 2.45) is 0 Å². The molecule has 132 valence electrons. The van der Waals surface area contributed by atoms with Gasteiger partial charge in [0.15, 0.2) is 0 Å². The third-order valence-corrected chi connectivity index (χ3v) is 4.69. The van der Waals surface area contributed by atoms with E-state index in [-0.39, 0.29) is 24.1 Å². The topological polar surface area (TPSA) is 54.5 Å². The zero-order valence-electron chi connectivity index (χ0n) is 14.8. The Morgan fingerprint density at radius 1 is 1.20 bits per heavy atom. The fraction of sp³-hybridized carbons (Fsp3) is 0.400. The second kappa shape index (κ2) is 8.23. The summed E-state index contributed by atoms with van der Waals surface area (Å²) in [7, 11) is 0. The lowest BCUT2D eigenvalue weighted by Crippen LogP contribution is -2.54. The zero-order chi connectivity index (χ0) is 17.6. The summed E-state index contributed by atoms with van der Waals surface area (Å²) in [5.74, 6) is 0.0121. The lowest BCUT2D eigenvalue weighted by molar-refractivity contribution is -0.132. The quantitative estimate of drug-likeness (QED) is 0.910. The number of aromatic nitrogens is 1. The molecule has 0 bridgehead atoms. The number of hydrogen-bond acceptors (Lipinski definition) is 4. The molecule has 1 aromatic carbocycles. The van der Waals surface area contributed by atoms with E-state index in [1.54, 1.807) is 6.20 Å². The summed E-state index contributed by atoms with van der Waals surface area (Å²) in [6, 6.07) is 16.2. The highest BCUT2D eigenvalue weighted by Crippen LogP contribution is 2.30. The number of nitrogens with one attached hydrogen (secondary N) is 1. The number of morpholine rings is 1. The average Bonchev–Trinajstić information content (AvgIpc) is 2.65. The van der Waals surface area contributed by atoms with Crippen LogP contribution < -0.4 is 5.32 Å². The van der Waals surface area contributed by atoms with E-state index in [0.29, 0.717) is 19.7 Å². The van der Waals surface area contributed by atoms with Crippen LogP contribution in [0.15, 0.2) is 54.7 Å². The van der Waals surface area contributed by atoms with Crippen molar-refractivity contribution in [2.75, 3.05) is 13.2 Å². The van der Waals surface area contributed by atoms with Gasteiger partial charge in [-0.1, -0.05) is 36.4 Å². The number of ether oxygens (including phenoxy) is 1. The smallest absolute Gasteiger partial charge is 0.234 e. The minimum atomic E-state index is -0.0130. The molecular formula is C20H25N3O2. The van der Waals surface area contributed by atoms with Crippen LogP contribution in [0, 0.1) is 0 Å². The van der Waals surface area contributed by atoms with Gasteiger partial charge in [0.25, 0.3) is 0 Å². The number of pyridine rings is 1. The van der Waals surface area contributed by atoms with Gasteiger partial charge in [-0.15, -0.1) is 0 Å². The number of hydrogen-bond donors (Lipinski definition) is 1. The number of carbonyl (C=O) groups excluding carboxylic acids is 1. The number of rotatable bonds is 5. The molecule has 5 nitrogen and oxygen atoms in total. The summed E-state index contributed by atoms with van der Waals surface area (Å²) in [6.45, 7) is 5.66. The van der Waals surface area contributed by atoms with Crippen LogP contribution in [0.2, 0.25) is 0 Å². The second-order valence-electron chi connectivity index (χ2n) is 6.52. The molecule has 3 rings (SSSR count). The molecule has 0 aliphatic carbocycles. The summed E-state index contributed by atoms with van der Waals surface area (Å²) in [6.07, 6.45) is 1.72. The van der Waals surface area contributed by atoms with E-state index in [1.807, 2.05) is 36.4 Å². The maximum absolute atomic E-state index is 12.4. The lowest BCUT2D eigenvalue weighted by atomic mass is 9.98. The van der Waals surface area contributed by atoms with Crippen LogP contribution in [0.4, 0.5) is 0 Å². The van der Waals surface area contributed by atoms with Gasteiger partial charge in [0.1, 0.15) is 0 Å². The predicted molar refractivity (Wildman–Crippen MR) is 96.8 cm³/mol. The molecule has 1 aliphatic heterocycles. The molecule has 3 atom stereocenters. The van der Waals surface area contributed by atoms with Crippen LogP contribution in [-0.4, -0.2) is 41.0 Å². The fourth-order valence-electron chi connectivity index (χ4n) is 3.28. The van der Waals surface area contributed by atoms with E-state index in [0.717, 1.165) is 11.3 Å². The number of amides is 1. The fourth-order valence-corrected chi connectivity index (χ4v) is 3.28. The van der Waals surface area contributed by atoms with Crippen LogP contribution in [0.25, 0.3) is 0 Å². The van der Waals surface area contributed by atoms with Crippen molar-refractivity contribution in [3.8, 4) is 0 Å². The maximum Gasteiger partial charge on any atom is 0.234 e. The molecule has 0 unspecified atom stereocenters.